The third kappa shape index (κ3) is 4.30. The van der Waals surface area contributed by atoms with Crippen LogP contribution in [0, 0.1) is 0 Å². The molecule has 1 heterocycles. The van der Waals surface area contributed by atoms with Crippen LogP contribution in [0.5, 0.6) is 0 Å². The number of ketones is 1. The van der Waals surface area contributed by atoms with Crippen molar-refractivity contribution in [3.63, 3.8) is 0 Å². The Morgan fingerprint density at radius 1 is 1.47 bits per heavy atom. The van der Waals surface area contributed by atoms with Gasteiger partial charge in [0.1, 0.15) is 6.10 Å². The lowest BCUT2D eigenvalue weighted by Crippen LogP contribution is -2.25. The van der Waals surface area contributed by atoms with E-state index in [-0.39, 0.29) is 11.9 Å². The van der Waals surface area contributed by atoms with Gasteiger partial charge in [0.15, 0.2) is 5.78 Å². The molecule has 0 amide bonds. The van der Waals surface area contributed by atoms with Gasteiger partial charge in [-0.05, 0) is 25.8 Å². The molecule has 0 aliphatic carbocycles. The van der Waals surface area contributed by atoms with Gasteiger partial charge in [-0.2, -0.15) is 5.10 Å². The highest BCUT2D eigenvalue weighted by Crippen LogP contribution is 2.08. The Hall–Kier alpha value is -1.16. The Bertz CT molecular complexity index is 341. The lowest BCUT2D eigenvalue weighted by atomic mass is 10.0. The molecule has 0 aliphatic heterocycles. The molecule has 0 aromatic carbocycles. The van der Waals surface area contributed by atoms with Crippen LogP contribution in [0.25, 0.3) is 0 Å². The number of rotatable bonds is 8. The third-order valence-corrected chi connectivity index (χ3v) is 2.67. The zero-order valence-corrected chi connectivity index (χ0v) is 11.0. The second-order valence-corrected chi connectivity index (χ2v) is 4.08. The van der Waals surface area contributed by atoms with Crippen molar-refractivity contribution in [2.24, 2.45) is 0 Å². The van der Waals surface area contributed by atoms with E-state index in [0.29, 0.717) is 13.0 Å². The van der Waals surface area contributed by atoms with E-state index < -0.39 is 0 Å². The maximum absolute atomic E-state index is 12.0. The van der Waals surface area contributed by atoms with Gasteiger partial charge >= 0.3 is 0 Å². The highest BCUT2D eigenvalue weighted by atomic mass is 16.5. The van der Waals surface area contributed by atoms with Crippen molar-refractivity contribution in [3.8, 4) is 0 Å². The Labute approximate surface area is 103 Å². The molecule has 96 valence electrons. The quantitative estimate of drug-likeness (QED) is 0.697. The number of aryl methyl sites for hydroxylation is 1. The maximum Gasteiger partial charge on any atom is 0.166 e. The Balaban J connectivity index is 2.56. The summed E-state index contributed by atoms with van der Waals surface area (Å²) in [5.74, 6) is 0.157. The van der Waals surface area contributed by atoms with Crippen LogP contribution in [-0.2, 0) is 22.5 Å². The van der Waals surface area contributed by atoms with Crippen LogP contribution < -0.4 is 0 Å². The van der Waals surface area contributed by atoms with Gasteiger partial charge in [0, 0.05) is 25.8 Å². The minimum absolute atomic E-state index is 0.157. The maximum atomic E-state index is 12.0. The molecule has 0 aliphatic rings. The van der Waals surface area contributed by atoms with E-state index in [2.05, 4.69) is 12.0 Å². The monoisotopic (exact) mass is 238 g/mol. The number of aromatic nitrogens is 2. The number of ether oxygens (including phenoxy) is 1. The third-order valence-electron chi connectivity index (χ3n) is 2.67. The summed E-state index contributed by atoms with van der Waals surface area (Å²) in [7, 11) is 0. The van der Waals surface area contributed by atoms with Gasteiger partial charge in [0.25, 0.3) is 0 Å². The van der Waals surface area contributed by atoms with E-state index in [9.17, 15) is 4.79 Å². The van der Waals surface area contributed by atoms with Gasteiger partial charge in [-0.15, -0.1) is 0 Å². The molecule has 0 radical (unpaired) electrons. The largest absolute Gasteiger partial charge is 0.371 e. The zero-order valence-electron chi connectivity index (χ0n) is 11.0. The summed E-state index contributed by atoms with van der Waals surface area (Å²) in [6.45, 7) is 7.43. The molecule has 1 rings (SSSR count). The first kappa shape index (κ1) is 13.9. The van der Waals surface area contributed by atoms with Gasteiger partial charge in [-0.3, -0.25) is 9.48 Å². The number of carbonyl (C=O) groups excluding carboxylic acids is 1. The molecule has 1 atom stereocenters. The predicted molar refractivity (Wildman–Crippen MR) is 66.9 cm³/mol. The Morgan fingerprint density at radius 2 is 2.24 bits per heavy atom. The number of Topliss-reactive ketones (excluding diaryl/α,β-unsaturated/α-hetero) is 1. The van der Waals surface area contributed by atoms with Crippen LogP contribution in [0.2, 0.25) is 0 Å². The van der Waals surface area contributed by atoms with Crippen LogP contribution >= 0.6 is 0 Å². The molecule has 17 heavy (non-hydrogen) atoms. The summed E-state index contributed by atoms with van der Waals surface area (Å²) in [6, 6.07) is 0. The predicted octanol–water partition coefficient (Wildman–Crippen LogP) is 2.22. The molecule has 0 N–H and O–H groups in total. The van der Waals surface area contributed by atoms with Crippen LogP contribution in [0.3, 0.4) is 0 Å². The highest BCUT2D eigenvalue weighted by Gasteiger charge is 2.18. The van der Waals surface area contributed by atoms with Gasteiger partial charge in [0.05, 0.1) is 6.20 Å². The van der Waals surface area contributed by atoms with E-state index in [0.717, 1.165) is 24.9 Å². The van der Waals surface area contributed by atoms with Gasteiger partial charge in [0.2, 0.25) is 0 Å². The average molecular weight is 238 g/mol. The van der Waals surface area contributed by atoms with E-state index in [1.165, 1.54) is 0 Å². The van der Waals surface area contributed by atoms with Crippen LogP contribution in [0.15, 0.2) is 12.4 Å². The molecule has 4 heteroatoms. The molecule has 1 unspecified atom stereocenters. The van der Waals surface area contributed by atoms with E-state index in [1.54, 1.807) is 6.20 Å². The normalized spacial score (nSPS) is 12.6. The number of hydrogen-bond acceptors (Lipinski definition) is 3. The fraction of sp³-hybridized carbons (Fsp3) is 0.692. The molecule has 1 aromatic heterocycles. The number of nitrogens with zero attached hydrogens (tertiary/aromatic N) is 2. The topological polar surface area (TPSA) is 44.1 Å². The van der Waals surface area contributed by atoms with Crippen LogP contribution in [0.4, 0.5) is 0 Å². The number of carbonyl (C=O) groups is 1. The minimum Gasteiger partial charge on any atom is -0.371 e. The van der Waals surface area contributed by atoms with E-state index >= 15 is 0 Å². The lowest BCUT2D eigenvalue weighted by molar-refractivity contribution is -0.130. The van der Waals surface area contributed by atoms with Crippen molar-refractivity contribution in [1.29, 1.82) is 0 Å². The molecular formula is C13H22N2O2. The first-order valence-electron chi connectivity index (χ1n) is 6.36. The number of hydrogen-bond donors (Lipinski definition) is 0. The zero-order chi connectivity index (χ0) is 12.7. The van der Waals surface area contributed by atoms with E-state index in [4.69, 9.17) is 4.74 Å². The summed E-state index contributed by atoms with van der Waals surface area (Å²) in [5.41, 5.74) is 0.970. The summed E-state index contributed by atoms with van der Waals surface area (Å²) in [4.78, 5) is 12.0. The SMILES string of the molecule is CCCC(OCC)C(=O)Cc1cnn(CC)c1. The van der Waals surface area contributed by atoms with Crippen LogP contribution in [0.1, 0.15) is 39.2 Å². The average Bonchev–Trinajstić information content (AvgIpc) is 2.76. The van der Waals surface area contributed by atoms with Crippen molar-refractivity contribution in [3.05, 3.63) is 18.0 Å². The molecular weight excluding hydrogens is 216 g/mol. The lowest BCUT2D eigenvalue weighted by Gasteiger charge is -2.14. The summed E-state index contributed by atoms with van der Waals surface area (Å²) in [6.07, 6.45) is 5.61. The molecule has 0 spiro atoms. The highest BCUT2D eigenvalue weighted by molar-refractivity contribution is 5.85. The first-order chi connectivity index (χ1) is 8.21. The molecule has 0 bridgehead atoms. The first-order valence-corrected chi connectivity index (χ1v) is 6.36. The fourth-order valence-electron chi connectivity index (χ4n) is 1.79. The van der Waals surface area contributed by atoms with Crippen molar-refractivity contribution >= 4 is 5.78 Å². The van der Waals surface area contributed by atoms with Crippen molar-refractivity contribution in [2.45, 2.75) is 52.7 Å². The van der Waals surface area contributed by atoms with Crippen LogP contribution in [-0.4, -0.2) is 28.3 Å². The van der Waals surface area contributed by atoms with Crippen molar-refractivity contribution in [1.82, 2.24) is 9.78 Å². The van der Waals surface area contributed by atoms with Gasteiger partial charge in [-0.1, -0.05) is 13.3 Å². The standard InChI is InChI=1S/C13H22N2O2/c1-4-7-13(17-6-3)12(16)8-11-9-14-15(5-2)10-11/h9-10,13H,4-8H2,1-3H3. The Morgan fingerprint density at radius 3 is 2.76 bits per heavy atom. The molecule has 1 aromatic rings. The summed E-state index contributed by atoms with van der Waals surface area (Å²) < 4.78 is 7.30. The fourth-order valence-corrected chi connectivity index (χ4v) is 1.79. The molecule has 0 fully saturated rings. The van der Waals surface area contributed by atoms with E-state index in [1.807, 2.05) is 24.7 Å². The van der Waals surface area contributed by atoms with Gasteiger partial charge in [-0.25, -0.2) is 0 Å². The second kappa shape index (κ2) is 7.22. The molecule has 4 nitrogen and oxygen atoms in total. The van der Waals surface area contributed by atoms with Gasteiger partial charge < -0.3 is 4.74 Å². The smallest absolute Gasteiger partial charge is 0.166 e. The molecule has 0 saturated heterocycles. The summed E-state index contributed by atoms with van der Waals surface area (Å²) in [5, 5.41) is 4.16. The van der Waals surface area contributed by atoms with Crippen molar-refractivity contribution in [2.75, 3.05) is 6.61 Å². The minimum atomic E-state index is -0.255. The van der Waals surface area contributed by atoms with Crippen molar-refractivity contribution < 1.29 is 9.53 Å². The Kier molecular flexibility index (Phi) is 5.91. The summed E-state index contributed by atoms with van der Waals surface area (Å²) >= 11 is 0. The second-order valence-electron chi connectivity index (χ2n) is 4.08. The molecule has 0 saturated carbocycles.